The fourth-order valence-electron chi connectivity index (χ4n) is 2.15. The summed E-state index contributed by atoms with van der Waals surface area (Å²) in [6.45, 7) is 3.57. The van der Waals surface area contributed by atoms with Crippen LogP contribution in [-0.2, 0) is 10.9 Å². The molecule has 0 N–H and O–H groups in total. The number of benzene rings is 1. The van der Waals surface area contributed by atoms with E-state index in [1.54, 1.807) is 19.1 Å². The van der Waals surface area contributed by atoms with Crippen LogP contribution in [0.5, 0.6) is 0 Å². The number of carbonyl (C=O) groups excluding carboxylic acids is 1. The molecule has 0 amide bonds. The Labute approximate surface area is 125 Å². The van der Waals surface area contributed by atoms with Gasteiger partial charge in [0.1, 0.15) is 5.69 Å². The van der Waals surface area contributed by atoms with E-state index >= 15 is 0 Å². The third-order valence-corrected chi connectivity index (χ3v) is 3.45. The number of nitrogens with zero attached hydrogens (tertiary/aromatic N) is 1. The van der Waals surface area contributed by atoms with Crippen LogP contribution in [0.2, 0.25) is 0 Å². The summed E-state index contributed by atoms with van der Waals surface area (Å²) < 4.78 is 44.3. The van der Waals surface area contributed by atoms with E-state index in [2.05, 4.69) is 9.72 Å². The number of ether oxygens (including phenoxy) is 1. The van der Waals surface area contributed by atoms with E-state index in [0.29, 0.717) is 5.56 Å². The topological polar surface area (TPSA) is 39.2 Å². The van der Waals surface area contributed by atoms with Gasteiger partial charge in [0.15, 0.2) is 5.69 Å². The van der Waals surface area contributed by atoms with Gasteiger partial charge in [-0.05, 0) is 42.7 Å². The highest BCUT2D eigenvalue weighted by Crippen LogP contribution is 2.37. The van der Waals surface area contributed by atoms with Crippen LogP contribution in [0.3, 0.4) is 0 Å². The van der Waals surface area contributed by atoms with E-state index in [-0.39, 0.29) is 11.3 Å². The SMILES string of the molecule is COC(=O)c1ccc(-c2cccc(C)c2C)c(C(F)(F)F)n1. The van der Waals surface area contributed by atoms with Crippen LogP contribution in [0.25, 0.3) is 11.1 Å². The molecule has 3 nitrogen and oxygen atoms in total. The van der Waals surface area contributed by atoms with Crippen molar-refractivity contribution in [3.8, 4) is 11.1 Å². The van der Waals surface area contributed by atoms with Crippen molar-refractivity contribution >= 4 is 5.97 Å². The molecule has 0 aliphatic heterocycles. The number of pyridine rings is 1. The molecule has 116 valence electrons. The molecule has 0 atom stereocenters. The molecule has 6 heteroatoms. The Hall–Kier alpha value is -2.37. The van der Waals surface area contributed by atoms with Crippen molar-refractivity contribution in [1.82, 2.24) is 4.98 Å². The van der Waals surface area contributed by atoms with Crippen molar-refractivity contribution in [2.75, 3.05) is 7.11 Å². The summed E-state index contributed by atoms with van der Waals surface area (Å²) in [4.78, 5) is 14.9. The normalized spacial score (nSPS) is 11.4. The molecule has 0 radical (unpaired) electrons. The number of hydrogen-bond donors (Lipinski definition) is 0. The van der Waals surface area contributed by atoms with Crippen LogP contribution >= 0.6 is 0 Å². The first-order valence-electron chi connectivity index (χ1n) is 6.49. The minimum absolute atomic E-state index is 0.0543. The molecule has 0 aliphatic rings. The summed E-state index contributed by atoms with van der Waals surface area (Å²) in [6.07, 6.45) is -4.67. The van der Waals surface area contributed by atoms with Crippen molar-refractivity contribution in [2.45, 2.75) is 20.0 Å². The van der Waals surface area contributed by atoms with Gasteiger partial charge in [0, 0.05) is 5.56 Å². The van der Waals surface area contributed by atoms with Gasteiger partial charge in [-0.1, -0.05) is 18.2 Å². The van der Waals surface area contributed by atoms with Gasteiger partial charge in [0.05, 0.1) is 7.11 Å². The van der Waals surface area contributed by atoms with Crippen molar-refractivity contribution in [3.05, 3.63) is 52.8 Å². The first-order chi connectivity index (χ1) is 10.3. The third kappa shape index (κ3) is 2.95. The van der Waals surface area contributed by atoms with Crippen molar-refractivity contribution in [3.63, 3.8) is 0 Å². The molecule has 0 unspecified atom stereocenters. The van der Waals surface area contributed by atoms with Crippen molar-refractivity contribution in [2.24, 2.45) is 0 Å². The lowest BCUT2D eigenvalue weighted by Gasteiger charge is -2.15. The maximum atomic E-state index is 13.3. The third-order valence-electron chi connectivity index (χ3n) is 3.45. The number of rotatable bonds is 2. The number of carbonyl (C=O) groups is 1. The lowest BCUT2D eigenvalue weighted by atomic mass is 9.95. The zero-order valence-electron chi connectivity index (χ0n) is 12.3. The van der Waals surface area contributed by atoms with Crippen LogP contribution in [0, 0.1) is 13.8 Å². The van der Waals surface area contributed by atoms with E-state index in [1.165, 1.54) is 12.1 Å². The highest BCUT2D eigenvalue weighted by atomic mass is 19.4. The van der Waals surface area contributed by atoms with Crippen molar-refractivity contribution < 1.29 is 22.7 Å². The molecule has 0 aliphatic carbocycles. The molecule has 0 spiro atoms. The van der Waals surface area contributed by atoms with Gasteiger partial charge in [0.2, 0.25) is 0 Å². The lowest BCUT2D eigenvalue weighted by molar-refractivity contribution is -0.140. The maximum absolute atomic E-state index is 13.3. The summed E-state index contributed by atoms with van der Waals surface area (Å²) >= 11 is 0. The Balaban J connectivity index is 2.71. The summed E-state index contributed by atoms with van der Waals surface area (Å²) in [6, 6.07) is 7.60. The fourth-order valence-corrected chi connectivity index (χ4v) is 2.15. The van der Waals surface area contributed by atoms with Gasteiger partial charge < -0.3 is 4.74 Å². The molecule has 1 aromatic carbocycles. The zero-order valence-corrected chi connectivity index (χ0v) is 12.3. The number of aromatic nitrogens is 1. The number of hydrogen-bond acceptors (Lipinski definition) is 3. The second-order valence-electron chi connectivity index (χ2n) is 4.83. The molecule has 1 aromatic heterocycles. The number of aryl methyl sites for hydroxylation is 1. The summed E-state index contributed by atoms with van der Waals surface area (Å²) in [5, 5.41) is 0. The number of methoxy groups -OCH3 is 1. The Morgan fingerprint density at radius 3 is 2.36 bits per heavy atom. The van der Waals surface area contributed by atoms with Crippen LogP contribution in [-0.4, -0.2) is 18.1 Å². The second kappa shape index (κ2) is 5.79. The zero-order chi connectivity index (χ0) is 16.5. The van der Waals surface area contributed by atoms with Crippen LogP contribution in [0.1, 0.15) is 27.3 Å². The van der Waals surface area contributed by atoms with Gasteiger partial charge in [-0.15, -0.1) is 0 Å². The second-order valence-corrected chi connectivity index (χ2v) is 4.83. The highest BCUT2D eigenvalue weighted by molar-refractivity contribution is 5.88. The highest BCUT2D eigenvalue weighted by Gasteiger charge is 2.37. The first kappa shape index (κ1) is 16.0. The van der Waals surface area contributed by atoms with Gasteiger partial charge in [0.25, 0.3) is 0 Å². The Kier molecular flexibility index (Phi) is 4.21. The molecule has 0 fully saturated rings. The van der Waals surface area contributed by atoms with E-state index in [9.17, 15) is 18.0 Å². The van der Waals surface area contributed by atoms with Crippen LogP contribution < -0.4 is 0 Å². The molecule has 0 saturated heterocycles. The Morgan fingerprint density at radius 2 is 1.77 bits per heavy atom. The lowest BCUT2D eigenvalue weighted by Crippen LogP contribution is -2.14. The average molecular weight is 309 g/mol. The van der Waals surface area contributed by atoms with Crippen LogP contribution in [0.4, 0.5) is 13.2 Å². The molecule has 22 heavy (non-hydrogen) atoms. The minimum atomic E-state index is -4.67. The fraction of sp³-hybridized carbons (Fsp3) is 0.250. The van der Waals surface area contributed by atoms with Gasteiger partial charge in [-0.25, -0.2) is 9.78 Å². The first-order valence-corrected chi connectivity index (χ1v) is 6.49. The molecular formula is C16H14F3NO2. The number of alkyl halides is 3. The predicted octanol–water partition coefficient (Wildman–Crippen LogP) is 4.17. The molecule has 2 aromatic rings. The van der Waals surface area contributed by atoms with E-state index in [4.69, 9.17) is 0 Å². The minimum Gasteiger partial charge on any atom is -0.464 e. The Bertz CT molecular complexity index is 724. The van der Waals surface area contributed by atoms with Crippen LogP contribution in [0.15, 0.2) is 30.3 Å². The average Bonchev–Trinajstić information content (AvgIpc) is 2.48. The molecule has 0 saturated carbocycles. The molecule has 0 bridgehead atoms. The molecular weight excluding hydrogens is 295 g/mol. The quantitative estimate of drug-likeness (QED) is 0.782. The van der Waals surface area contributed by atoms with Gasteiger partial charge >= 0.3 is 12.1 Å². The molecule has 2 rings (SSSR count). The summed E-state index contributed by atoms with van der Waals surface area (Å²) in [5.41, 5.74) is 0.536. The van der Waals surface area contributed by atoms with Crippen molar-refractivity contribution in [1.29, 1.82) is 0 Å². The maximum Gasteiger partial charge on any atom is 0.433 e. The Morgan fingerprint density at radius 1 is 1.09 bits per heavy atom. The molecule has 1 heterocycles. The summed E-state index contributed by atoms with van der Waals surface area (Å²) in [7, 11) is 1.09. The summed E-state index contributed by atoms with van der Waals surface area (Å²) in [5.74, 6) is -0.905. The monoisotopic (exact) mass is 309 g/mol. The van der Waals surface area contributed by atoms with Gasteiger partial charge in [-0.3, -0.25) is 0 Å². The standard InChI is InChI=1S/C16H14F3NO2/c1-9-5-4-6-11(10(9)2)12-7-8-13(15(21)22-3)20-14(12)16(17,18)19/h4-8H,1-3H3. The predicted molar refractivity (Wildman–Crippen MR) is 75.5 cm³/mol. The number of halogens is 3. The van der Waals surface area contributed by atoms with E-state index in [0.717, 1.165) is 18.2 Å². The van der Waals surface area contributed by atoms with E-state index in [1.807, 2.05) is 13.0 Å². The van der Waals surface area contributed by atoms with E-state index < -0.39 is 17.8 Å². The number of esters is 1. The smallest absolute Gasteiger partial charge is 0.433 e. The largest absolute Gasteiger partial charge is 0.464 e. The van der Waals surface area contributed by atoms with Gasteiger partial charge in [-0.2, -0.15) is 13.2 Å².